The molecule has 20 heavy (non-hydrogen) atoms. The highest BCUT2D eigenvalue weighted by atomic mass is 35.5. The van der Waals surface area contributed by atoms with Crippen LogP contribution in [-0.4, -0.2) is 63.0 Å². The summed E-state index contributed by atoms with van der Waals surface area (Å²) >= 11 is 7.26. The number of nitrogens with zero attached hydrogens (tertiary/aromatic N) is 2. The lowest BCUT2D eigenvalue weighted by Crippen LogP contribution is -2.12. The van der Waals surface area contributed by atoms with Crippen molar-refractivity contribution in [2.75, 3.05) is 53.0 Å². The van der Waals surface area contributed by atoms with E-state index in [0.717, 1.165) is 0 Å². The molecule has 0 aromatic carbocycles. The van der Waals surface area contributed by atoms with Gasteiger partial charge in [-0.25, -0.2) is 4.98 Å². The number of halogens is 1. The minimum absolute atomic E-state index is 0.367. The molecule has 0 fully saturated rings. The van der Waals surface area contributed by atoms with Crippen LogP contribution in [0.4, 0.5) is 0 Å². The van der Waals surface area contributed by atoms with Gasteiger partial charge in [-0.15, -0.1) is 0 Å². The number of methoxy groups -OCH3 is 1. The Labute approximate surface area is 128 Å². The molecule has 0 spiro atoms. The number of ether oxygens (including phenoxy) is 4. The maximum absolute atomic E-state index is 5.85. The van der Waals surface area contributed by atoms with E-state index < -0.39 is 0 Å². The van der Waals surface area contributed by atoms with Crippen LogP contribution in [0.5, 0.6) is 5.88 Å². The van der Waals surface area contributed by atoms with Gasteiger partial charge >= 0.3 is 0 Å². The van der Waals surface area contributed by atoms with Crippen molar-refractivity contribution in [3.63, 3.8) is 0 Å². The highest BCUT2D eigenvalue weighted by Crippen LogP contribution is 2.18. The smallest absolute Gasteiger partial charge is 0.218 e. The summed E-state index contributed by atoms with van der Waals surface area (Å²) in [4.78, 5) is 8.20. The highest BCUT2D eigenvalue weighted by molar-refractivity contribution is 7.98. The lowest BCUT2D eigenvalue weighted by atomic mass is 10.6. The largest absolute Gasteiger partial charge is 0.475 e. The summed E-state index contributed by atoms with van der Waals surface area (Å²) in [6, 6.07) is 1.58. The zero-order valence-electron chi connectivity index (χ0n) is 11.6. The summed E-state index contributed by atoms with van der Waals surface area (Å²) in [6.45, 7) is 3.10. The van der Waals surface area contributed by atoms with Crippen molar-refractivity contribution < 1.29 is 18.9 Å². The molecule has 0 saturated heterocycles. The third-order valence-electron chi connectivity index (χ3n) is 2.11. The third kappa shape index (κ3) is 7.86. The maximum Gasteiger partial charge on any atom is 0.218 e. The zero-order valence-corrected chi connectivity index (χ0v) is 13.2. The molecular weight excluding hydrogens is 304 g/mol. The summed E-state index contributed by atoms with van der Waals surface area (Å²) < 4.78 is 20.9. The van der Waals surface area contributed by atoms with E-state index in [2.05, 4.69) is 9.97 Å². The average molecular weight is 323 g/mol. The minimum Gasteiger partial charge on any atom is -0.475 e. The van der Waals surface area contributed by atoms with E-state index in [1.807, 2.05) is 6.26 Å². The topological polar surface area (TPSA) is 62.7 Å². The predicted molar refractivity (Wildman–Crippen MR) is 77.8 cm³/mol. The fourth-order valence-electron chi connectivity index (χ4n) is 1.21. The lowest BCUT2D eigenvalue weighted by molar-refractivity contribution is 0.0176. The van der Waals surface area contributed by atoms with Crippen LogP contribution in [0.1, 0.15) is 0 Å². The molecule has 114 valence electrons. The van der Waals surface area contributed by atoms with Crippen LogP contribution in [0.2, 0.25) is 5.15 Å². The predicted octanol–water partition coefficient (Wildman–Crippen LogP) is 1.91. The standard InChI is InChI=1S/C12H19ClN2O4S/c1-16-3-4-17-5-6-18-7-8-19-11-9-10(13)14-12(15-11)20-2/h9H,3-8H2,1-2H3. The maximum atomic E-state index is 5.85. The molecule has 0 atom stereocenters. The molecule has 1 aromatic heterocycles. The second kappa shape index (κ2) is 11.1. The Morgan fingerprint density at radius 1 is 1.05 bits per heavy atom. The molecule has 0 aliphatic rings. The fourth-order valence-corrected chi connectivity index (χ4v) is 1.81. The first-order valence-electron chi connectivity index (χ1n) is 6.12. The molecule has 0 amide bonds. The average Bonchev–Trinajstić information content (AvgIpc) is 2.45. The van der Waals surface area contributed by atoms with Crippen molar-refractivity contribution in [1.82, 2.24) is 9.97 Å². The van der Waals surface area contributed by atoms with Crippen molar-refractivity contribution in [2.45, 2.75) is 5.16 Å². The van der Waals surface area contributed by atoms with Gasteiger partial charge in [0.2, 0.25) is 5.88 Å². The van der Waals surface area contributed by atoms with Crippen molar-refractivity contribution in [2.24, 2.45) is 0 Å². The van der Waals surface area contributed by atoms with E-state index in [1.54, 1.807) is 13.2 Å². The first-order valence-corrected chi connectivity index (χ1v) is 7.72. The van der Waals surface area contributed by atoms with Gasteiger partial charge in [0.05, 0.1) is 33.0 Å². The monoisotopic (exact) mass is 322 g/mol. The van der Waals surface area contributed by atoms with E-state index in [1.165, 1.54) is 11.8 Å². The lowest BCUT2D eigenvalue weighted by Gasteiger charge is -2.08. The molecule has 0 saturated carbocycles. The molecule has 0 unspecified atom stereocenters. The van der Waals surface area contributed by atoms with E-state index in [4.69, 9.17) is 30.5 Å². The van der Waals surface area contributed by atoms with Gasteiger partial charge in [0.1, 0.15) is 11.8 Å². The van der Waals surface area contributed by atoms with Gasteiger partial charge in [-0.2, -0.15) is 4.98 Å². The van der Waals surface area contributed by atoms with Gasteiger partial charge in [0.15, 0.2) is 5.16 Å². The van der Waals surface area contributed by atoms with Crippen molar-refractivity contribution in [3.05, 3.63) is 11.2 Å². The Kier molecular flexibility index (Phi) is 9.69. The summed E-state index contributed by atoms with van der Waals surface area (Å²) in [7, 11) is 1.64. The van der Waals surface area contributed by atoms with Crippen LogP contribution in [0.25, 0.3) is 0 Å². The van der Waals surface area contributed by atoms with Crippen LogP contribution in [0, 0.1) is 0 Å². The van der Waals surface area contributed by atoms with Gasteiger partial charge in [0, 0.05) is 13.2 Å². The highest BCUT2D eigenvalue weighted by Gasteiger charge is 2.03. The minimum atomic E-state index is 0.367. The Morgan fingerprint density at radius 2 is 1.70 bits per heavy atom. The second-order valence-electron chi connectivity index (χ2n) is 3.58. The zero-order chi connectivity index (χ0) is 14.6. The number of hydrogen-bond donors (Lipinski definition) is 0. The van der Waals surface area contributed by atoms with E-state index >= 15 is 0 Å². The van der Waals surface area contributed by atoms with E-state index in [0.29, 0.717) is 55.8 Å². The number of thioether (sulfide) groups is 1. The van der Waals surface area contributed by atoms with Crippen LogP contribution in [0.3, 0.4) is 0 Å². The van der Waals surface area contributed by atoms with Gasteiger partial charge < -0.3 is 18.9 Å². The number of hydrogen-bond acceptors (Lipinski definition) is 7. The number of aromatic nitrogens is 2. The van der Waals surface area contributed by atoms with Crippen molar-refractivity contribution in [1.29, 1.82) is 0 Å². The summed E-state index contributed by atoms with van der Waals surface area (Å²) in [5.74, 6) is 0.453. The molecule has 8 heteroatoms. The normalized spacial score (nSPS) is 10.8. The fraction of sp³-hybridized carbons (Fsp3) is 0.667. The molecule has 0 aliphatic carbocycles. The quantitative estimate of drug-likeness (QED) is 0.267. The van der Waals surface area contributed by atoms with E-state index in [-0.39, 0.29) is 0 Å². The molecule has 1 rings (SSSR count). The van der Waals surface area contributed by atoms with Gasteiger partial charge in [-0.1, -0.05) is 23.4 Å². The first-order chi connectivity index (χ1) is 9.76. The van der Waals surface area contributed by atoms with Crippen molar-refractivity contribution >= 4 is 23.4 Å². The molecule has 1 aromatic rings. The first kappa shape index (κ1) is 17.5. The molecule has 0 aliphatic heterocycles. The third-order valence-corrected chi connectivity index (χ3v) is 2.86. The van der Waals surface area contributed by atoms with Crippen LogP contribution < -0.4 is 4.74 Å². The van der Waals surface area contributed by atoms with E-state index in [9.17, 15) is 0 Å². The molecule has 1 heterocycles. The van der Waals surface area contributed by atoms with Gasteiger partial charge in [0.25, 0.3) is 0 Å². The summed E-state index contributed by atoms with van der Waals surface area (Å²) in [5, 5.41) is 0.951. The second-order valence-corrected chi connectivity index (χ2v) is 4.74. The molecule has 0 N–H and O–H groups in total. The SMILES string of the molecule is COCCOCCOCCOc1cc(Cl)nc(SC)n1. The summed E-state index contributed by atoms with van der Waals surface area (Å²) in [6.07, 6.45) is 1.88. The van der Waals surface area contributed by atoms with Gasteiger partial charge in [-0.05, 0) is 6.26 Å². The van der Waals surface area contributed by atoms with Crippen LogP contribution >= 0.6 is 23.4 Å². The Balaban J connectivity index is 2.08. The number of rotatable bonds is 11. The molecular formula is C12H19ClN2O4S. The molecule has 6 nitrogen and oxygen atoms in total. The van der Waals surface area contributed by atoms with Crippen LogP contribution in [0.15, 0.2) is 11.2 Å². The van der Waals surface area contributed by atoms with Gasteiger partial charge in [-0.3, -0.25) is 0 Å². The summed E-state index contributed by atoms with van der Waals surface area (Å²) in [5.41, 5.74) is 0. The molecule has 0 bridgehead atoms. The Bertz CT molecular complexity index is 384. The Morgan fingerprint density at radius 3 is 2.35 bits per heavy atom. The van der Waals surface area contributed by atoms with Crippen LogP contribution in [-0.2, 0) is 14.2 Å². The van der Waals surface area contributed by atoms with Crippen molar-refractivity contribution in [3.8, 4) is 5.88 Å². The Hall–Kier alpha value is -0.600. The molecule has 0 radical (unpaired) electrons.